The van der Waals surface area contributed by atoms with Crippen LogP contribution in [0.2, 0.25) is 0 Å². The molecule has 7 heteroatoms. The van der Waals surface area contributed by atoms with Gasteiger partial charge in [0.15, 0.2) is 0 Å². The Bertz CT molecular complexity index is 1000. The number of alkyl halides is 3. The lowest BCUT2D eigenvalue weighted by molar-refractivity contribution is -0.136. The summed E-state index contributed by atoms with van der Waals surface area (Å²) in [6.45, 7) is 9.30. The average molecular weight is 420 g/mol. The van der Waals surface area contributed by atoms with Crippen molar-refractivity contribution in [2.24, 2.45) is 10.8 Å². The van der Waals surface area contributed by atoms with Crippen LogP contribution in [0.1, 0.15) is 62.9 Å². The van der Waals surface area contributed by atoms with Gasteiger partial charge in [0.2, 0.25) is 0 Å². The smallest absolute Gasteiger partial charge is 0.418 e. The van der Waals surface area contributed by atoms with E-state index in [1.165, 1.54) is 12.3 Å². The Hall–Kier alpha value is -2.31. The van der Waals surface area contributed by atoms with Crippen LogP contribution in [0.5, 0.6) is 0 Å². The zero-order chi connectivity index (χ0) is 21.9. The minimum atomic E-state index is -4.52. The summed E-state index contributed by atoms with van der Waals surface area (Å²) >= 11 is 0. The fourth-order valence-corrected chi connectivity index (χ4v) is 5.83. The minimum Gasteiger partial charge on any atom is -0.462 e. The molecule has 4 rings (SSSR count). The lowest BCUT2D eigenvalue weighted by Gasteiger charge is -2.39. The van der Waals surface area contributed by atoms with Crippen LogP contribution in [-0.2, 0) is 10.9 Å². The number of rotatable bonds is 3. The van der Waals surface area contributed by atoms with E-state index in [0.29, 0.717) is 17.6 Å². The molecule has 162 valence electrons. The molecule has 2 atom stereocenters. The first kappa shape index (κ1) is 20.9. The Morgan fingerprint density at radius 3 is 2.67 bits per heavy atom. The zero-order valence-corrected chi connectivity index (χ0v) is 17.8. The number of esters is 1. The molecule has 30 heavy (non-hydrogen) atoms. The van der Waals surface area contributed by atoms with E-state index in [2.05, 4.69) is 30.7 Å². The molecule has 2 aromatic rings. The van der Waals surface area contributed by atoms with Crippen LogP contribution in [0.15, 0.2) is 24.4 Å². The van der Waals surface area contributed by atoms with Gasteiger partial charge < -0.3 is 9.64 Å². The van der Waals surface area contributed by atoms with Crippen LogP contribution in [0.3, 0.4) is 0 Å². The molecular weight excluding hydrogens is 393 g/mol. The number of nitrogens with zero attached hydrogens (tertiary/aromatic N) is 2. The number of pyridine rings is 1. The molecule has 0 radical (unpaired) electrons. The predicted molar refractivity (Wildman–Crippen MR) is 110 cm³/mol. The maximum atomic E-state index is 13.6. The van der Waals surface area contributed by atoms with Gasteiger partial charge in [-0.3, -0.25) is 4.98 Å². The molecule has 0 N–H and O–H groups in total. The molecular formula is C23H27F3N2O2. The lowest BCUT2D eigenvalue weighted by Crippen LogP contribution is -2.35. The topological polar surface area (TPSA) is 42.4 Å². The quantitative estimate of drug-likeness (QED) is 0.586. The molecule has 1 saturated carbocycles. The zero-order valence-electron chi connectivity index (χ0n) is 17.8. The van der Waals surface area contributed by atoms with E-state index in [4.69, 9.17) is 4.74 Å². The summed E-state index contributed by atoms with van der Waals surface area (Å²) in [6, 6.07) is 4.22. The van der Waals surface area contributed by atoms with E-state index < -0.39 is 17.7 Å². The van der Waals surface area contributed by atoms with Crippen molar-refractivity contribution in [3.8, 4) is 0 Å². The lowest BCUT2D eigenvalue weighted by atomic mass is 9.65. The molecule has 2 aliphatic rings. The van der Waals surface area contributed by atoms with Gasteiger partial charge in [-0.15, -0.1) is 0 Å². The number of carbonyl (C=O) groups is 1. The number of benzene rings is 1. The van der Waals surface area contributed by atoms with Crippen molar-refractivity contribution in [3.63, 3.8) is 0 Å². The summed E-state index contributed by atoms with van der Waals surface area (Å²) in [6.07, 6.45) is -0.349. The normalized spacial score (nSPS) is 25.6. The van der Waals surface area contributed by atoms with E-state index in [-0.39, 0.29) is 34.6 Å². The fourth-order valence-electron chi connectivity index (χ4n) is 5.83. The highest BCUT2D eigenvalue weighted by Crippen LogP contribution is 2.54. The Morgan fingerprint density at radius 2 is 2.00 bits per heavy atom. The van der Waals surface area contributed by atoms with Crippen molar-refractivity contribution in [2.75, 3.05) is 18.1 Å². The van der Waals surface area contributed by atoms with Crippen LogP contribution in [0.25, 0.3) is 10.9 Å². The Kier molecular flexibility index (Phi) is 4.79. The highest BCUT2D eigenvalue weighted by Gasteiger charge is 2.50. The predicted octanol–water partition coefficient (Wildman–Crippen LogP) is 5.84. The molecule has 1 aromatic heterocycles. The summed E-state index contributed by atoms with van der Waals surface area (Å²) in [5.41, 5.74) is 0.0318. The summed E-state index contributed by atoms with van der Waals surface area (Å²) in [7, 11) is 0. The van der Waals surface area contributed by atoms with Crippen molar-refractivity contribution in [1.82, 2.24) is 4.98 Å². The van der Waals surface area contributed by atoms with Gasteiger partial charge in [0.25, 0.3) is 0 Å². The Balaban J connectivity index is 1.95. The van der Waals surface area contributed by atoms with E-state index in [9.17, 15) is 18.0 Å². The van der Waals surface area contributed by atoms with Crippen LogP contribution in [0.4, 0.5) is 18.9 Å². The van der Waals surface area contributed by atoms with E-state index in [1.807, 2.05) is 0 Å². The van der Waals surface area contributed by atoms with Crippen molar-refractivity contribution in [1.29, 1.82) is 0 Å². The van der Waals surface area contributed by atoms with Crippen molar-refractivity contribution in [3.05, 3.63) is 35.5 Å². The van der Waals surface area contributed by atoms with E-state index in [1.54, 1.807) is 13.0 Å². The van der Waals surface area contributed by atoms with E-state index in [0.717, 1.165) is 25.3 Å². The Morgan fingerprint density at radius 1 is 1.27 bits per heavy atom. The molecule has 0 amide bonds. The molecule has 1 aromatic carbocycles. The molecule has 0 spiro atoms. The SMILES string of the molecule is CCOC(=O)c1cnc2c(C(F)(F)F)cccc2c1N1C[C@@]2(C)C[C@H]1CC(C)(C)C2. The number of para-hydroxylation sites is 1. The summed E-state index contributed by atoms with van der Waals surface area (Å²) in [4.78, 5) is 18.9. The number of halogens is 3. The monoisotopic (exact) mass is 420 g/mol. The van der Waals surface area contributed by atoms with Gasteiger partial charge >= 0.3 is 12.1 Å². The number of fused-ring (bicyclic) bond motifs is 3. The number of aromatic nitrogens is 1. The van der Waals surface area contributed by atoms with Crippen LogP contribution in [0, 0.1) is 10.8 Å². The fraction of sp³-hybridized carbons (Fsp3) is 0.565. The molecule has 2 heterocycles. The molecule has 1 saturated heterocycles. The van der Waals surface area contributed by atoms with E-state index >= 15 is 0 Å². The highest BCUT2D eigenvalue weighted by atomic mass is 19.4. The second-order valence-corrected chi connectivity index (χ2v) is 9.78. The summed E-state index contributed by atoms with van der Waals surface area (Å²) < 4.78 is 46.1. The number of ether oxygens (including phenoxy) is 1. The van der Waals surface area contributed by atoms with Gasteiger partial charge in [0.1, 0.15) is 5.56 Å². The third-order valence-corrected chi connectivity index (χ3v) is 6.37. The Labute approximate surface area is 174 Å². The first-order valence-electron chi connectivity index (χ1n) is 10.4. The second-order valence-electron chi connectivity index (χ2n) is 9.78. The van der Waals surface area contributed by atoms with Crippen LogP contribution >= 0.6 is 0 Å². The van der Waals surface area contributed by atoms with Gasteiger partial charge in [-0.25, -0.2) is 4.79 Å². The first-order valence-corrected chi connectivity index (χ1v) is 10.4. The van der Waals surface area contributed by atoms with Gasteiger partial charge in [0, 0.05) is 24.2 Å². The third-order valence-electron chi connectivity index (χ3n) is 6.37. The van der Waals surface area contributed by atoms with Gasteiger partial charge in [-0.1, -0.05) is 32.9 Å². The average Bonchev–Trinajstić information content (AvgIpc) is 2.88. The molecule has 1 aliphatic heterocycles. The minimum absolute atomic E-state index is 0.0512. The maximum absolute atomic E-state index is 13.6. The number of anilines is 1. The number of carbonyl (C=O) groups excluding carboxylic acids is 1. The standard InChI is InChI=1S/C23H27F3N2O2/c1-5-30-20(29)16-11-27-18-15(7-6-8-17(18)23(24,25)26)19(16)28-13-22(4)10-14(28)9-21(2,3)12-22/h6-8,11,14H,5,9-10,12-13H2,1-4H3/t14-,22+/m1/s1. The molecule has 1 aliphatic carbocycles. The molecule has 2 bridgehead atoms. The highest BCUT2D eigenvalue weighted by molar-refractivity contribution is 6.06. The number of hydrogen-bond donors (Lipinski definition) is 0. The molecule has 4 nitrogen and oxygen atoms in total. The molecule has 0 unspecified atom stereocenters. The number of hydrogen-bond acceptors (Lipinski definition) is 4. The van der Waals surface area contributed by atoms with Gasteiger partial charge in [0.05, 0.1) is 23.4 Å². The molecule has 2 fully saturated rings. The van der Waals surface area contributed by atoms with Crippen molar-refractivity contribution >= 4 is 22.6 Å². The summed E-state index contributed by atoms with van der Waals surface area (Å²) in [5.74, 6) is -0.551. The van der Waals surface area contributed by atoms with Gasteiger partial charge in [-0.05, 0) is 43.1 Å². The largest absolute Gasteiger partial charge is 0.462 e. The maximum Gasteiger partial charge on any atom is 0.418 e. The first-order chi connectivity index (χ1) is 13.9. The van der Waals surface area contributed by atoms with Gasteiger partial charge in [-0.2, -0.15) is 13.2 Å². The van der Waals surface area contributed by atoms with Crippen molar-refractivity contribution in [2.45, 2.75) is 59.2 Å². The van der Waals surface area contributed by atoms with Crippen LogP contribution in [-0.4, -0.2) is 30.1 Å². The third kappa shape index (κ3) is 3.52. The van der Waals surface area contributed by atoms with Crippen molar-refractivity contribution < 1.29 is 22.7 Å². The summed E-state index contributed by atoms with van der Waals surface area (Å²) in [5, 5.41) is 0.351. The second kappa shape index (κ2) is 6.86. The van der Waals surface area contributed by atoms with Crippen LogP contribution < -0.4 is 4.90 Å².